The van der Waals surface area contributed by atoms with E-state index in [1.807, 2.05) is 23.5 Å². The molecule has 1 N–H and O–H groups in total. The van der Waals surface area contributed by atoms with Gasteiger partial charge in [0.25, 0.3) is 0 Å². The Hall–Kier alpha value is -1.03. The van der Waals surface area contributed by atoms with Gasteiger partial charge in [-0.05, 0) is 42.1 Å². The number of thiophene rings is 1. The highest BCUT2D eigenvalue weighted by Crippen LogP contribution is 2.19. The molecule has 0 unspecified atom stereocenters. The molecule has 4 heteroatoms. The highest BCUT2D eigenvalue weighted by molar-refractivity contribution is 7.10. The third-order valence-electron chi connectivity index (χ3n) is 4.02. The first-order chi connectivity index (χ1) is 9.72. The second-order valence-electron chi connectivity index (χ2n) is 5.42. The van der Waals surface area contributed by atoms with Gasteiger partial charge in [-0.25, -0.2) is 0 Å². The fourth-order valence-corrected chi connectivity index (χ4v) is 3.91. The van der Waals surface area contributed by atoms with E-state index >= 15 is 0 Å². The van der Waals surface area contributed by atoms with Crippen LogP contribution in [-0.2, 0) is 6.54 Å². The molecule has 0 bridgehead atoms. The Morgan fingerprint density at radius 3 is 2.70 bits per heavy atom. The minimum atomic E-state index is 0.825. The molecule has 3 rings (SSSR count). The number of anilines is 1. The number of hydrogen-bond donors (Lipinski definition) is 1. The van der Waals surface area contributed by atoms with Crippen LogP contribution in [0.5, 0.6) is 0 Å². The molecular weight excluding hydrogens is 288 g/mol. The van der Waals surface area contributed by atoms with E-state index in [-0.39, 0.29) is 0 Å². The standard InChI is InChI=1S/C16H19ClN2S/c1-13-5-10-20-16(13)12-18-6-8-19(9-7-18)15-4-2-3-14(17)11-15/h2-5,10-11H,6-9,12H2,1H3/p+1. The van der Waals surface area contributed by atoms with Crippen molar-refractivity contribution in [2.75, 3.05) is 31.1 Å². The number of quaternary nitrogens is 1. The van der Waals surface area contributed by atoms with Gasteiger partial charge in [-0.1, -0.05) is 17.7 Å². The molecule has 0 saturated carbocycles. The minimum absolute atomic E-state index is 0.825. The highest BCUT2D eigenvalue weighted by Gasteiger charge is 2.21. The molecule has 2 heterocycles. The molecule has 2 aromatic rings. The normalized spacial score (nSPS) is 16.6. The maximum atomic E-state index is 6.07. The number of rotatable bonds is 3. The van der Waals surface area contributed by atoms with E-state index in [1.165, 1.54) is 35.8 Å². The third kappa shape index (κ3) is 3.17. The Labute approximate surface area is 129 Å². The Morgan fingerprint density at radius 2 is 2.05 bits per heavy atom. The van der Waals surface area contributed by atoms with E-state index < -0.39 is 0 Å². The summed E-state index contributed by atoms with van der Waals surface area (Å²) in [5.74, 6) is 0. The Bertz CT molecular complexity index is 573. The third-order valence-corrected chi connectivity index (χ3v) is 5.28. The second kappa shape index (κ2) is 6.17. The molecule has 2 nitrogen and oxygen atoms in total. The van der Waals surface area contributed by atoms with E-state index in [1.54, 1.807) is 4.90 Å². The van der Waals surface area contributed by atoms with Crippen molar-refractivity contribution in [2.45, 2.75) is 13.5 Å². The summed E-state index contributed by atoms with van der Waals surface area (Å²) in [6.07, 6.45) is 0. The molecule has 0 radical (unpaired) electrons. The Morgan fingerprint density at radius 1 is 1.25 bits per heavy atom. The van der Waals surface area contributed by atoms with Gasteiger partial charge in [0.05, 0.1) is 31.1 Å². The van der Waals surface area contributed by atoms with Gasteiger partial charge in [0, 0.05) is 10.7 Å². The lowest BCUT2D eigenvalue weighted by atomic mass is 10.2. The molecule has 1 fully saturated rings. The molecular formula is C16H20ClN2S+. The smallest absolute Gasteiger partial charge is 0.112 e. The van der Waals surface area contributed by atoms with Gasteiger partial charge < -0.3 is 9.80 Å². The monoisotopic (exact) mass is 307 g/mol. The Balaban J connectivity index is 1.58. The van der Waals surface area contributed by atoms with Crippen LogP contribution in [0.4, 0.5) is 5.69 Å². The van der Waals surface area contributed by atoms with E-state index in [4.69, 9.17) is 11.6 Å². The lowest BCUT2D eigenvalue weighted by Crippen LogP contribution is -3.13. The van der Waals surface area contributed by atoms with Crippen molar-refractivity contribution in [2.24, 2.45) is 0 Å². The first kappa shape index (κ1) is 13.9. The van der Waals surface area contributed by atoms with Crippen LogP contribution in [0.3, 0.4) is 0 Å². The van der Waals surface area contributed by atoms with E-state index in [0.717, 1.165) is 18.1 Å². The van der Waals surface area contributed by atoms with Gasteiger partial charge in [-0.2, -0.15) is 0 Å². The summed E-state index contributed by atoms with van der Waals surface area (Å²) in [6, 6.07) is 10.4. The summed E-state index contributed by atoms with van der Waals surface area (Å²) in [5, 5.41) is 3.03. The summed E-state index contributed by atoms with van der Waals surface area (Å²) in [5.41, 5.74) is 2.70. The SMILES string of the molecule is Cc1ccsc1C[NH+]1CCN(c2cccc(Cl)c2)CC1. The van der Waals surface area contributed by atoms with Gasteiger partial charge in [0.2, 0.25) is 0 Å². The van der Waals surface area contributed by atoms with Crippen molar-refractivity contribution in [1.29, 1.82) is 0 Å². The van der Waals surface area contributed by atoms with Crippen LogP contribution in [0.15, 0.2) is 35.7 Å². The maximum absolute atomic E-state index is 6.07. The summed E-state index contributed by atoms with van der Waals surface area (Å²) in [7, 11) is 0. The van der Waals surface area contributed by atoms with Gasteiger partial charge in [0.15, 0.2) is 0 Å². The molecule has 0 aliphatic carbocycles. The lowest BCUT2D eigenvalue weighted by molar-refractivity contribution is -0.914. The van der Waals surface area contributed by atoms with Crippen molar-refractivity contribution < 1.29 is 4.90 Å². The zero-order valence-electron chi connectivity index (χ0n) is 11.7. The van der Waals surface area contributed by atoms with Crippen molar-refractivity contribution in [3.8, 4) is 0 Å². The predicted octanol–water partition coefficient (Wildman–Crippen LogP) is 2.62. The lowest BCUT2D eigenvalue weighted by Gasteiger charge is -2.33. The van der Waals surface area contributed by atoms with Crippen LogP contribution in [0.1, 0.15) is 10.4 Å². The van der Waals surface area contributed by atoms with Crippen molar-refractivity contribution in [1.82, 2.24) is 0 Å². The number of halogens is 1. The zero-order chi connectivity index (χ0) is 13.9. The van der Waals surface area contributed by atoms with E-state index in [0.29, 0.717) is 0 Å². The molecule has 1 aliphatic rings. The summed E-state index contributed by atoms with van der Waals surface area (Å²) in [6.45, 7) is 8.01. The van der Waals surface area contributed by atoms with Gasteiger partial charge >= 0.3 is 0 Å². The first-order valence-corrected chi connectivity index (χ1v) is 8.35. The minimum Gasteiger partial charge on any atom is -0.360 e. The molecule has 0 atom stereocenters. The van der Waals surface area contributed by atoms with Crippen LogP contribution in [-0.4, -0.2) is 26.2 Å². The predicted molar refractivity (Wildman–Crippen MR) is 87.1 cm³/mol. The fraction of sp³-hybridized carbons (Fsp3) is 0.375. The number of aryl methyl sites for hydroxylation is 1. The van der Waals surface area contributed by atoms with Crippen LogP contribution in [0, 0.1) is 6.92 Å². The quantitative estimate of drug-likeness (QED) is 0.916. The second-order valence-corrected chi connectivity index (χ2v) is 6.86. The number of nitrogens with one attached hydrogen (secondary N) is 1. The van der Waals surface area contributed by atoms with Crippen LogP contribution >= 0.6 is 22.9 Å². The molecule has 20 heavy (non-hydrogen) atoms. The maximum Gasteiger partial charge on any atom is 0.112 e. The van der Waals surface area contributed by atoms with Gasteiger partial charge in [-0.3, -0.25) is 0 Å². The average molecular weight is 308 g/mol. The van der Waals surface area contributed by atoms with E-state index in [2.05, 4.69) is 35.4 Å². The van der Waals surface area contributed by atoms with Crippen molar-refractivity contribution in [3.63, 3.8) is 0 Å². The number of nitrogens with zero attached hydrogens (tertiary/aromatic N) is 1. The summed E-state index contributed by atoms with van der Waals surface area (Å²) in [4.78, 5) is 5.67. The summed E-state index contributed by atoms with van der Waals surface area (Å²) < 4.78 is 0. The van der Waals surface area contributed by atoms with Crippen LogP contribution in [0.25, 0.3) is 0 Å². The molecule has 1 aliphatic heterocycles. The Kier molecular flexibility index (Phi) is 4.29. The molecule has 1 saturated heterocycles. The molecule has 106 valence electrons. The fourth-order valence-electron chi connectivity index (χ4n) is 2.74. The summed E-state index contributed by atoms with van der Waals surface area (Å²) >= 11 is 7.96. The number of benzene rings is 1. The molecule has 1 aromatic heterocycles. The van der Waals surface area contributed by atoms with Crippen LogP contribution in [0.2, 0.25) is 5.02 Å². The van der Waals surface area contributed by atoms with Crippen molar-refractivity contribution in [3.05, 3.63) is 51.2 Å². The highest BCUT2D eigenvalue weighted by atomic mass is 35.5. The largest absolute Gasteiger partial charge is 0.360 e. The van der Waals surface area contributed by atoms with Crippen molar-refractivity contribution >= 4 is 28.6 Å². The van der Waals surface area contributed by atoms with Crippen LogP contribution < -0.4 is 9.80 Å². The number of piperazine rings is 1. The van der Waals surface area contributed by atoms with E-state index in [9.17, 15) is 0 Å². The van der Waals surface area contributed by atoms with Gasteiger partial charge in [-0.15, -0.1) is 11.3 Å². The van der Waals surface area contributed by atoms with Gasteiger partial charge in [0.1, 0.15) is 6.54 Å². The topological polar surface area (TPSA) is 7.68 Å². The average Bonchev–Trinajstić information content (AvgIpc) is 2.85. The molecule has 0 spiro atoms. The molecule has 0 amide bonds. The first-order valence-electron chi connectivity index (χ1n) is 7.09. The molecule has 1 aromatic carbocycles. The number of hydrogen-bond acceptors (Lipinski definition) is 2. The zero-order valence-corrected chi connectivity index (χ0v) is 13.3.